The van der Waals surface area contributed by atoms with Crippen molar-refractivity contribution in [2.24, 2.45) is 5.92 Å². The van der Waals surface area contributed by atoms with Crippen molar-refractivity contribution in [2.45, 2.75) is 38.8 Å². The summed E-state index contributed by atoms with van der Waals surface area (Å²) in [5.74, 6) is 1.21. The number of fused-ring (bicyclic) bond motifs is 2. The molecule has 2 saturated heterocycles. The van der Waals surface area contributed by atoms with Crippen LogP contribution >= 0.6 is 0 Å². The van der Waals surface area contributed by atoms with Gasteiger partial charge >= 0.3 is 0 Å². The molecular formula is C17H23NO3. The van der Waals surface area contributed by atoms with E-state index in [1.165, 1.54) is 0 Å². The molecule has 1 aromatic rings. The second kappa shape index (κ2) is 5.78. The number of ether oxygens (including phenoxy) is 2. The first kappa shape index (κ1) is 14.5. The van der Waals surface area contributed by atoms with Crippen LogP contribution in [0.1, 0.15) is 34.3 Å². The minimum absolute atomic E-state index is 0.107. The van der Waals surface area contributed by atoms with Crippen LogP contribution in [0.2, 0.25) is 0 Å². The Bertz CT molecular complexity index is 520. The van der Waals surface area contributed by atoms with Crippen molar-refractivity contribution >= 4 is 5.78 Å². The second-order valence-electron chi connectivity index (χ2n) is 6.27. The fourth-order valence-corrected chi connectivity index (χ4v) is 3.69. The normalized spacial score (nSPS) is 28.2. The predicted octanol–water partition coefficient (Wildman–Crippen LogP) is 2.26. The molecule has 0 spiro atoms. The number of nitrogens with one attached hydrogen (secondary N) is 1. The van der Waals surface area contributed by atoms with Crippen molar-refractivity contribution < 1.29 is 14.3 Å². The Balaban J connectivity index is 1.85. The molecule has 2 fully saturated rings. The molecule has 114 valence electrons. The van der Waals surface area contributed by atoms with Crippen LogP contribution in [0, 0.1) is 19.8 Å². The van der Waals surface area contributed by atoms with E-state index in [9.17, 15) is 4.79 Å². The van der Waals surface area contributed by atoms with Crippen LogP contribution < -0.4 is 10.1 Å². The Kier molecular flexibility index (Phi) is 4.00. The van der Waals surface area contributed by atoms with E-state index in [1.54, 1.807) is 7.11 Å². The molecule has 2 aliphatic rings. The van der Waals surface area contributed by atoms with Crippen LogP contribution in [0.3, 0.4) is 0 Å². The Morgan fingerprint density at radius 2 is 1.76 bits per heavy atom. The fraction of sp³-hybridized carbons (Fsp3) is 0.588. The number of carbonyl (C=O) groups excluding carboxylic acids is 1. The molecule has 2 aliphatic heterocycles. The molecular weight excluding hydrogens is 266 g/mol. The van der Waals surface area contributed by atoms with E-state index < -0.39 is 0 Å². The van der Waals surface area contributed by atoms with E-state index in [4.69, 9.17) is 9.47 Å². The number of hydrogen-bond donors (Lipinski definition) is 1. The topological polar surface area (TPSA) is 47.6 Å². The number of ketones is 1. The van der Waals surface area contributed by atoms with Gasteiger partial charge in [-0.2, -0.15) is 0 Å². The van der Waals surface area contributed by atoms with Crippen LogP contribution in [-0.4, -0.2) is 38.2 Å². The largest absolute Gasteiger partial charge is 0.497 e. The highest BCUT2D eigenvalue weighted by Gasteiger charge is 2.36. The maximum absolute atomic E-state index is 13.0. The zero-order valence-corrected chi connectivity index (χ0v) is 12.9. The van der Waals surface area contributed by atoms with Gasteiger partial charge in [0.05, 0.1) is 20.3 Å². The average molecular weight is 289 g/mol. The predicted molar refractivity (Wildman–Crippen MR) is 81.1 cm³/mol. The summed E-state index contributed by atoms with van der Waals surface area (Å²) in [7, 11) is 1.66. The van der Waals surface area contributed by atoms with Crippen LogP contribution in [0.25, 0.3) is 0 Å². The van der Waals surface area contributed by atoms with Crippen molar-refractivity contribution in [1.29, 1.82) is 0 Å². The summed E-state index contributed by atoms with van der Waals surface area (Å²) in [6, 6.07) is 4.55. The number of Topliss-reactive ketones (excluding diaryl/α,β-unsaturated/α-hetero) is 1. The third-order valence-corrected chi connectivity index (χ3v) is 4.61. The zero-order chi connectivity index (χ0) is 15.0. The highest BCUT2D eigenvalue weighted by molar-refractivity contribution is 6.00. The van der Waals surface area contributed by atoms with Gasteiger partial charge in [0.25, 0.3) is 0 Å². The Morgan fingerprint density at radius 3 is 2.29 bits per heavy atom. The molecule has 0 amide bonds. The number of aryl methyl sites for hydroxylation is 2. The molecule has 1 aromatic carbocycles. The van der Waals surface area contributed by atoms with Gasteiger partial charge in [-0.3, -0.25) is 4.79 Å². The first-order valence-corrected chi connectivity index (χ1v) is 7.61. The van der Waals surface area contributed by atoms with Gasteiger partial charge in [-0.05, 0) is 49.9 Å². The number of morpholine rings is 1. The highest BCUT2D eigenvalue weighted by Crippen LogP contribution is 2.30. The van der Waals surface area contributed by atoms with Crippen molar-refractivity contribution in [3.05, 3.63) is 28.8 Å². The van der Waals surface area contributed by atoms with E-state index in [-0.39, 0.29) is 11.7 Å². The Hall–Kier alpha value is -1.39. The first-order chi connectivity index (χ1) is 10.1. The molecule has 4 nitrogen and oxygen atoms in total. The smallest absolute Gasteiger partial charge is 0.166 e. The van der Waals surface area contributed by atoms with Gasteiger partial charge in [0.15, 0.2) is 5.78 Å². The summed E-state index contributed by atoms with van der Waals surface area (Å²) in [5.41, 5.74) is 2.90. The van der Waals surface area contributed by atoms with E-state index >= 15 is 0 Å². The maximum Gasteiger partial charge on any atom is 0.166 e. The van der Waals surface area contributed by atoms with Gasteiger partial charge < -0.3 is 14.8 Å². The molecule has 2 unspecified atom stereocenters. The fourth-order valence-electron chi connectivity index (χ4n) is 3.69. The highest BCUT2D eigenvalue weighted by atomic mass is 16.5. The number of methoxy groups -OCH3 is 1. The molecule has 0 saturated carbocycles. The van der Waals surface area contributed by atoms with E-state index in [2.05, 4.69) is 5.32 Å². The minimum atomic E-state index is 0.107. The molecule has 3 rings (SSSR count). The summed E-state index contributed by atoms with van der Waals surface area (Å²) in [4.78, 5) is 13.0. The monoisotopic (exact) mass is 289 g/mol. The van der Waals surface area contributed by atoms with Gasteiger partial charge in [0.2, 0.25) is 0 Å². The maximum atomic E-state index is 13.0. The zero-order valence-electron chi connectivity index (χ0n) is 12.9. The van der Waals surface area contributed by atoms with E-state index in [1.807, 2.05) is 26.0 Å². The third-order valence-electron chi connectivity index (χ3n) is 4.61. The molecule has 2 atom stereocenters. The molecule has 2 bridgehead atoms. The summed E-state index contributed by atoms with van der Waals surface area (Å²) in [5, 5.41) is 3.54. The number of benzene rings is 1. The lowest BCUT2D eigenvalue weighted by molar-refractivity contribution is 0.00950. The van der Waals surface area contributed by atoms with Crippen molar-refractivity contribution in [3.63, 3.8) is 0 Å². The first-order valence-electron chi connectivity index (χ1n) is 7.61. The van der Waals surface area contributed by atoms with Crippen LogP contribution in [-0.2, 0) is 4.74 Å². The lowest BCUT2D eigenvalue weighted by atomic mass is 9.80. The second-order valence-corrected chi connectivity index (χ2v) is 6.27. The van der Waals surface area contributed by atoms with Gasteiger partial charge in [-0.1, -0.05) is 0 Å². The summed E-state index contributed by atoms with van der Waals surface area (Å²) >= 11 is 0. The van der Waals surface area contributed by atoms with E-state index in [0.29, 0.717) is 12.1 Å². The lowest BCUT2D eigenvalue weighted by Crippen LogP contribution is -2.55. The Morgan fingerprint density at radius 1 is 1.19 bits per heavy atom. The number of piperidine rings is 1. The molecule has 0 aliphatic carbocycles. The third kappa shape index (κ3) is 2.83. The number of hydrogen-bond acceptors (Lipinski definition) is 4. The number of carbonyl (C=O) groups is 1. The van der Waals surface area contributed by atoms with Gasteiger partial charge in [0.1, 0.15) is 5.75 Å². The van der Waals surface area contributed by atoms with Crippen LogP contribution in [0.5, 0.6) is 5.75 Å². The Labute approximate surface area is 125 Å². The quantitative estimate of drug-likeness (QED) is 0.867. The SMILES string of the molecule is COc1cc(C)c(C(=O)C2CC3COCC(C2)N3)c(C)c1. The van der Waals surface area contributed by atoms with E-state index in [0.717, 1.165) is 48.5 Å². The van der Waals surface area contributed by atoms with Crippen molar-refractivity contribution in [1.82, 2.24) is 5.32 Å². The standard InChI is InChI=1S/C17H23NO3/c1-10-4-15(20-3)5-11(2)16(10)17(19)12-6-13-8-21-9-14(7-12)18-13/h4-5,12-14,18H,6-9H2,1-3H3. The lowest BCUT2D eigenvalue weighted by Gasteiger charge is -2.39. The van der Waals surface area contributed by atoms with Gasteiger partial charge in [-0.15, -0.1) is 0 Å². The summed E-state index contributed by atoms with van der Waals surface area (Å²) in [6.45, 7) is 5.43. The average Bonchev–Trinajstić information content (AvgIpc) is 2.45. The summed E-state index contributed by atoms with van der Waals surface area (Å²) < 4.78 is 10.8. The molecule has 4 heteroatoms. The van der Waals surface area contributed by atoms with Crippen LogP contribution in [0.15, 0.2) is 12.1 Å². The number of rotatable bonds is 3. The van der Waals surface area contributed by atoms with Crippen molar-refractivity contribution in [2.75, 3.05) is 20.3 Å². The molecule has 1 N–H and O–H groups in total. The van der Waals surface area contributed by atoms with Crippen LogP contribution in [0.4, 0.5) is 0 Å². The van der Waals surface area contributed by atoms with Gasteiger partial charge in [0, 0.05) is 23.6 Å². The van der Waals surface area contributed by atoms with Crippen molar-refractivity contribution in [3.8, 4) is 5.75 Å². The molecule has 2 heterocycles. The molecule has 0 radical (unpaired) electrons. The minimum Gasteiger partial charge on any atom is -0.497 e. The molecule has 21 heavy (non-hydrogen) atoms. The summed E-state index contributed by atoms with van der Waals surface area (Å²) in [6.07, 6.45) is 1.75. The molecule has 0 aromatic heterocycles. The van der Waals surface area contributed by atoms with Gasteiger partial charge in [-0.25, -0.2) is 0 Å².